The predicted molar refractivity (Wildman–Crippen MR) is 145 cm³/mol. The predicted octanol–water partition coefficient (Wildman–Crippen LogP) is 3.83. The minimum Gasteiger partial charge on any atom is -0.345 e. The Bertz CT molecular complexity index is 1780. The quantitative estimate of drug-likeness (QED) is 0.322. The number of hydrogen-bond acceptors (Lipinski definition) is 4. The van der Waals surface area contributed by atoms with Gasteiger partial charge in [-0.15, -0.1) is 0 Å². The van der Waals surface area contributed by atoms with Gasteiger partial charge in [0.1, 0.15) is 5.65 Å². The van der Waals surface area contributed by atoms with E-state index in [4.69, 9.17) is 6.57 Å². The molecular weight excluding hydrogens is 494 g/mol. The highest BCUT2D eigenvalue weighted by Gasteiger charge is 2.36. The Morgan fingerprint density at radius 1 is 0.974 bits per heavy atom. The van der Waals surface area contributed by atoms with Gasteiger partial charge in [-0.3, -0.25) is 19.3 Å². The largest absolute Gasteiger partial charge is 0.345 e. The molecule has 0 aliphatic carbocycles. The molecule has 6 heterocycles. The fourth-order valence-electron chi connectivity index (χ4n) is 6.11. The molecule has 0 saturated carbocycles. The smallest absolute Gasteiger partial charge is 0.320 e. The zero-order valence-corrected chi connectivity index (χ0v) is 21.2. The van der Waals surface area contributed by atoms with Crippen LogP contribution < -0.4 is 5.32 Å². The number of likely N-dealkylation sites (tertiary alicyclic amines) is 1. The summed E-state index contributed by atoms with van der Waals surface area (Å²) in [7, 11) is 0. The van der Waals surface area contributed by atoms with Crippen LogP contribution in [-0.2, 0) is 22.7 Å². The van der Waals surface area contributed by atoms with Crippen LogP contribution in [0.5, 0.6) is 0 Å². The van der Waals surface area contributed by atoms with Gasteiger partial charge in [0.15, 0.2) is 5.69 Å². The molecule has 39 heavy (non-hydrogen) atoms. The molecule has 0 spiro atoms. The molecular formula is C29H25N7O3. The van der Waals surface area contributed by atoms with E-state index in [9.17, 15) is 14.4 Å². The van der Waals surface area contributed by atoms with Gasteiger partial charge in [0, 0.05) is 50.7 Å². The molecule has 1 saturated heterocycles. The second kappa shape index (κ2) is 8.84. The lowest BCUT2D eigenvalue weighted by Gasteiger charge is -2.32. The maximum atomic E-state index is 13.4. The number of imide groups is 1. The van der Waals surface area contributed by atoms with E-state index in [0.29, 0.717) is 42.2 Å². The van der Waals surface area contributed by atoms with Crippen molar-refractivity contribution >= 4 is 51.2 Å². The van der Waals surface area contributed by atoms with Gasteiger partial charge in [-0.25, -0.2) is 14.6 Å². The maximum absolute atomic E-state index is 13.4. The lowest BCUT2D eigenvalue weighted by Crippen LogP contribution is -2.45. The monoisotopic (exact) mass is 519 g/mol. The highest BCUT2D eigenvalue weighted by Crippen LogP contribution is 2.40. The standard InChI is InChI=1S/C29H25N7O3/c1-30-19-13-18-16-35(29(39)33-8-4-2-5-9-33)12-11-34-17-21(20(14-19)26(18)34)24-25(28(38)32-27(24)37)22-15-31-23-7-3-6-10-36(22)23/h3,6-7,10,13-15,17H,2,4-5,8-9,11-12,16H2,(H,32,37,38). The zero-order chi connectivity index (χ0) is 26.7. The summed E-state index contributed by atoms with van der Waals surface area (Å²) in [6, 6.07) is 9.17. The molecule has 1 N–H and O–H groups in total. The topological polar surface area (TPSA) is 96.3 Å². The lowest BCUT2D eigenvalue weighted by molar-refractivity contribution is -0.122. The minimum absolute atomic E-state index is 0.0282. The van der Waals surface area contributed by atoms with E-state index in [1.54, 1.807) is 16.7 Å². The number of benzene rings is 1. The number of pyridine rings is 1. The van der Waals surface area contributed by atoms with E-state index in [1.807, 2.05) is 51.0 Å². The Hall–Kier alpha value is -4.91. The summed E-state index contributed by atoms with van der Waals surface area (Å²) >= 11 is 0. The minimum atomic E-state index is -0.478. The van der Waals surface area contributed by atoms with Crippen LogP contribution in [0.25, 0.3) is 32.5 Å². The van der Waals surface area contributed by atoms with Crippen molar-refractivity contribution in [1.82, 2.24) is 29.1 Å². The molecule has 10 nitrogen and oxygen atoms in total. The van der Waals surface area contributed by atoms with Crippen molar-refractivity contribution in [3.63, 3.8) is 0 Å². The van der Waals surface area contributed by atoms with Crippen LogP contribution in [0.15, 0.2) is 48.9 Å². The lowest BCUT2D eigenvalue weighted by atomic mass is 9.97. The summed E-state index contributed by atoms with van der Waals surface area (Å²) < 4.78 is 3.84. The third-order valence-corrected chi connectivity index (χ3v) is 7.91. The van der Waals surface area contributed by atoms with Gasteiger partial charge in [0.2, 0.25) is 0 Å². The van der Waals surface area contributed by atoms with Gasteiger partial charge in [-0.05, 0) is 54.5 Å². The van der Waals surface area contributed by atoms with Crippen LogP contribution in [0.2, 0.25) is 0 Å². The molecule has 0 bridgehead atoms. The van der Waals surface area contributed by atoms with Gasteiger partial charge in [-0.2, -0.15) is 0 Å². The van der Waals surface area contributed by atoms with E-state index in [-0.39, 0.29) is 17.2 Å². The molecule has 0 atom stereocenters. The Balaban J connectivity index is 1.39. The number of carbonyl (C=O) groups excluding carboxylic acids is 3. The van der Waals surface area contributed by atoms with Crippen LogP contribution >= 0.6 is 0 Å². The van der Waals surface area contributed by atoms with E-state index in [1.165, 1.54) is 0 Å². The number of hydrogen-bond donors (Lipinski definition) is 1. The van der Waals surface area contributed by atoms with E-state index in [0.717, 1.165) is 48.8 Å². The van der Waals surface area contributed by atoms with Crippen LogP contribution in [0.3, 0.4) is 0 Å². The molecule has 3 aromatic heterocycles. The molecule has 7 rings (SSSR count). The third kappa shape index (κ3) is 3.61. The van der Waals surface area contributed by atoms with Crippen molar-refractivity contribution in [2.75, 3.05) is 19.6 Å². The fraction of sp³-hybridized carbons (Fsp3) is 0.276. The molecule has 3 aliphatic rings. The second-order valence-electron chi connectivity index (χ2n) is 10.2. The average Bonchev–Trinajstić information content (AvgIpc) is 3.58. The summed E-state index contributed by atoms with van der Waals surface area (Å²) in [4.78, 5) is 51.6. The van der Waals surface area contributed by atoms with Crippen molar-refractivity contribution in [1.29, 1.82) is 0 Å². The van der Waals surface area contributed by atoms with Crippen molar-refractivity contribution in [2.45, 2.75) is 32.4 Å². The Morgan fingerprint density at radius 3 is 2.62 bits per heavy atom. The average molecular weight is 520 g/mol. The molecule has 0 unspecified atom stereocenters. The number of imidazole rings is 1. The van der Waals surface area contributed by atoms with E-state index < -0.39 is 11.8 Å². The molecule has 4 aromatic rings. The molecule has 1 fully saturated rings. The number of piperidine rings is 1. The number of aromatic nitrogens is 3. The molecule has 3 aliphatic heterocycles. The number of carbonyl (C=O) groups is 3. The first-order chi connectivity index (χ1) is 19.0. The Morgan fingerprint density at radius 2 is 1.79 bits per heavy atom. The fourth-order valence-corrected chi connectivity index (χ4v) is 6.11. The first-order valence-corrected chi connectivity index (χ1v) is 13.1. The Labute approximate surface area is 223 Å². The molecule has 1 aromatic carbocycles. The highest BCUT2D eigenvalue weighted by atomic mass is 16.2. The van der Waals surface area contributed by atoms with Crippen LogP contribution in [0.4, 0.5) is 10.5 Å². The van der Waals surface area contributed by atoms with Gasteiger partial charge in [0.25, 0.3) is 11.8 Å². The summed E-state index contributed by atoms with van der Waals surface area (Å²) in [5.74, 6) is -0.956. The number of urea groups is 1. The van der Waals surface area contributed by atoms with Crippen LogP contribution in [-0.4, -0.2) is 61.2 Å². The first kappa shape index (κ1) is 23.2. The summed E-state index contributed by atoms with van der Waals surface area (Å²) in [5, 5.41) is 3.19. The second-order valence-corrected chi connectivity index (χ2v) is 10.2. The summed E-state index contributed by atoms with van der Waals surface area (Å²) in [6.45, 7) is 10.7. The zero-order valence-electron chi connectivity index (χ0n) is 21.2. The summed E-state index contributed by atoms with van der Waals surface area (Å²) in [6.07, 6.45) is 8.48. The number of nitrogens with zero attached hydrogens (tertiary/aromatic N) is 6. The maximum Gasteiger partial charge on any atom is 0.320 e. The number of amides is 4. The van der Waals surface area contributed by atoms with Crippen LogP contribution in [0, 0.1) is 6.57 Å². The molecule has 194 valence electrons. The summed E-state index contributed by atoms with van der Waals surface area (Å²) in [5.41, 5.74) is 4.46. The van der Waals surface area contributed by atoms with Crippen molar-refractivity contribution in [3.05, 3.63) is 77.2 Å². The highest BCUT2D eigenvalue weighted by molar-refractivity contribution is 6.49. The number of fused-ring (bicyclic) bond motifs is 1. The molecule has 4 amide bonds. The normalized spacial score (nSPS) is 17.6. The molecule has 10 heteroatoms. The van der Waals surface area contributed by atoms with Gasteiger partial charge in [0.05, 0.1) is 35.1 Å². The van der Waals surface area contributed by atoms with Gasteiger partial charge >= 0.3 is 6.03 Å². The van der Waals surface area contributed by atoms with Crippen LogP contribution in [0.1, 0.15) is 36.1 Å². The number of nitrogens with one attached hydrogen (secondary N) is 1. The first-order valence-electron chi connectivity index (χ1n) is 13.1. The van der Waals surface area contributed by atoms with Crippen molar-refractivity contribution in [2.24, 2.45) is 0 Å². The van der Waals surface area contributed by atoms with Gasteiger partial charge < -0.3 is 14.4 Å². The SMILES string of the molecule is [C-]#[N+]c1cc2c3c(c1)c(C1=C(c4cnc5ccccn45)C(=O)NC1=O)cn3CCN(C(=O)N1CCCCC1)C2. The molecule has 0 radical (unpaired) electrons. The van der Waals surface area contributed by atoms with Crippen molar-refractivity contribution < 1.29 is 14.4 Å². The third-order valence-electron chi connectivity index (χ3n) is 7.91. The van der Waals surface area contributed by atoms with E-state index in [2.05, 4.69) is 15.1 Å². The number of rotatable bonds is 2. The van der Waals surface area contributed by atoms with Gasteiger partial charge in [-0.1, -0.05) is 6.07 Å². The van der Waals surface area contributed by atoms with Crippen molar-refractivity contribution in [3.8, 4) is 0 Å². The Kier molecular flexibility index (Phi) is 5.26. The van der Waals surface area contributed by atoms with E-state index >= 15 is 0 Å².